The van der Waals surface area contributed by atoms with E-state index < -0.39 is 5.91 Å². The van der Waals surface area contributed by atoms with Crippen LogP contribution in [0.15, 0.2) is 42.0 Å². The van der Waals surface area contributed by atoms with Crippen molar-refractivity contribution in [2.24, 2.45) is 5.73 Å². The number of amides is 1. The van der Waals surface area contributed by atoms with Gasteiger partial charge >= 0.3 is 0 Å². The van der Waals surface area contributed by atoms with Crippen LogP contribution in [0.25, 0.3) is 10.6 Å². The Kier molecular flexibility index (Phi) is 6.22. The van der Waals surface area contributed by atoms with Crippen LogP contribution < -0.4 is 5.73 Å². The third-order valence-electron chi connectivity index (χ3n) is 5.55. The third-order valence-corrected chi connectivity index (χ3v) is 6.49. The SMILES string of the molecule is CC(C)(C)n1cc(CN2CCN(Cc3csc(-c4ccc(C(N)=O)cc4)n3)CC2)cn1. The molecule has 1 fully saturated rings. The molecular weight excluding hydrogens is 408 g/mol. The molecule has 164 valence electrons. The molecule has 2 N–H and O–H groups in total. The molecule has 1 aliphatic rings. The van der Waals surface area contributed by atoms with Gasteiger partial charge in [0.25, 0.3) is 0 Å². The third kappa shape index (κ3) is 5.39. The van der Waals surface area contributed by atoms with Crippen LogP contribution in [-0.4, -0.2) is 56.7 Å². The summed E-state index contributed by atoms with van der Waals surface area (Å²) in [4.78, 5) is 21.0. The number of primary amides is 1. The zero-order chi connectivity index (χ0) is 22.0. The van der Waals surface area contributed by atoms with E-state index in [9.17, 15) is 4.79 Å². The molecule has 1 amide bonds. The minimum atomic E-state index is -0.409. The van der Waals surface area contributed by atoms with Gasteiger partial charge in [0.05, 0.1) is 17.4 Å². The quantitative estimate of drug-likeness (QED) is 0.639. The van der Waals surface area contributed by atoms with E-state index in [1.54, 1.807) is 23.5 Å². The van der Waals surface area contributed by atoms with Gasteiger partial charge in [-0.3, -0.25) is 19.3 Å². The van der Waals surface area contributed by atoms with Crippen molar-refractivity contribution in [3.63, 3.8) is 0 Å². The molecule has 4 rings (SSSR count). The highest BCUT2D eigenvalue weighted by Gasteiger charge is 2.20. The number of nitrogens with two attached hydrogens (primary N) is 1. The number of hydrogen-bond donors (Lipinski definition) is 1. The summed E-state index contributed by atoms with van der Waals surface area (Å²) in [5.41, 5.74) is 9.24. The van der Waals surface area contributed by atoms with Crippen LogP contribution in [0.3, 0.4) is 0 Å². The first-order valence-corrected chi connectivity index (χ1v) is 11.5. The summed E-state index contributed by atoms with van der Waals surface area (Å²) in [7, 11) is 0. The molecule has 0 saturated carbocycles. The average molecular weight is 439 g/mol. The Morgan fingerprint density at radius 3 is 2.29 bits per heavy atom. The summed E-state index contributed by atoms with van der Waals surface area (Å²) in [6.07, 6.45) is 4.16. The first kappa shape index (κ1) is 21.7. The van der Waals surface area contributed by atoms with Gasteiger partial charge in [0, 0.05) is 67.5 Å². The summed E-state index contributed by atoms with van der Waals surface area (Å²) in [5, 5.41) is 7.62. The lowest BCUT2D eigenvalue weighted by molar-refractivity contribution is 0.100. The maximum absolute atomic E-state index is 11.2. The summed E-state index contributed by atoms with van der Waals surface area (Å²) >= 11 is 1.64. The molecule has 0 spiro atoms. The number of rotatable bonds is 6. The topological polar surface area (TPSA) is 80.3 Å². The molecule has 1 saturated heterocycles. The molecule has 0 aliphatic carbocycles. The maximum Gasteiger partial charge on any atom is 0.248 e. The Morgan fingerprint density at radius 1 is 1.06 bits per heavy atom. The zero-order valence-corrected chi connectivity index (χ0v) is 19.2. The standard InChI is InChI=1S/C23H30N6OS/c1-23(2,3)29-14-17(12-25-29)13-27-8-10-28(11-9-27)15-20-16-31-22(26-20)19-6-4-18(5-7-19)21(24)30/h4-7,12,14,16H,8-11,13,15H2,1-3H3,(H2,24,30). The average Bonchev–Trinajstić information content (AvgIpc) is 3.39. The van der Waals surface area contributed by atoms with Gasteiger partial charge in [0.1, 0.15) is 5.01 Å². The lowest BCUT2D eigenvalue weighted by Gasteiger charge is -2.34. The summed E-state index contributed by atoms with van der Waals surface area (Å²) < 4.78 is 2.04. The molecule has 7 nitrogen and oxygen atoms in total. The number of thiazole rings is 1. The molecule has 1 aliphatic heterocycles. The number of benzene rings is 1. The lowest BCUT2D eigenvalue weighted by atomic mass is 10.1. The molecule has 1 aromatic carbocycles. The second-order valence-corrected chi connectivity index (χ2v) is 9.96. The van der Waals surface area contributed by atoms with Crippen LogP contribution in [0, 0.1) is 0 Å². The fourth-order valence-electron chi connectivity index (χ4n) is 3.69. The van der Waals surface area contributed by atoms with Crippen molar-refractivity contribution in [2.45, 2.75) is 39.4 Å². The largest absolute Gasteiger partial charge is 0.366 e. The highest BCUT2D eigenvalue weighted by atomic mass is 32.1. The maximum atomic E-state index is 11.2. The summed E-state index contributed by atoms with van der Waals surface area (Å²) in [6, 6.07) is 7.32. The highest BCUT2D eigenvalue weighted by molar-refractivity contribution is 7.13. The Bertz CT molecular complexity index is 1030. The molecule has 0 unspecified atom stereocenters. The van der Waals surface area contributed by atoms with Gasteiger partial charge in [-0.15, -0.1) is 11.3 Å². The van der Waals surface area contributed by atoms with Crippen LogP contribution in [0.4, 0.5) is 0 Å². The van der Waals surface area contributed by atoms with Gasteiger partial charge in [-0.1, -0.05) is 12.1 Å². The van der Waals surface area contributed by atoms with Crippen molar-refractivity contribution in [2.75, 3.05) is 26.2 Å². The number of nitrogens with zero attached hydrogens (tertiary/aromatic N) is 5. The molecule has 2 aromatic heterocycles. The van der Waals surface area contributed by atoms with Crippen molar-refractivity contribution in [3.8, 4) is 10.6 Å². The monoisotopic (exact) mass is 438 g/mol. The number of hydrogen-bond acceptors (Lipinski definition) is 6. The van der Waals surface area contributed by atoms with Crippen LogP contribution in [0.2, 0.25) is 0 Å². The van der Waals surface area contributed by atoms with E-state index in [-0.39, 0.29) is 5.54 Å². The molecule has 3 heterocycles. The van der Waals surface area contributed by atoms with Crippen molar-refractivity contribution >= 4 is 17.2 Å². The predicted molar refractivity (Wildman–Crippen MR) is 124 cm³/mol. The van der Waals surface area contributed by atoms with Crippen LogP contribution in [-0.2, 0) is 18.6 Å². The number of aromatic nitrogens is 3. The minimum Gasteiger partial charge on any atom is -0.366 e. The van der Waals surface area contributed by atoms with E-state index >= 15 is 0 Å². The van der Waals surface area contributed by atoms with Crippen molar-refractivity contribution in [3.05, 3.63) is 58.9 Å². The van der Waals surface area contributed by atoms with Gasteiger partial charge in [-0.25, -0.2) is 4.98 Å². The lowest BCUT2D eigenvalue weighted by Crippen LogP contribution is -2.45. The van der Waals surface area contributed by atoms with Gasteiger partial charge in [-0.2, -0.15) is 5.10 Å². The Balaban J connectivity index is 1.28. The van der Waals surface area contributed by atoms with Crippen molar-refractivity contribution < 1.29 is 4.79 Å². The van der Waals surface area contributed by atoms with E-state index in [1.165, 1.54) is 5.56 Å². The second kappa shape index (κ2) is 8.90. The number of carbonyl (C=O) groups excluding carboxylic acids is 1. The first-order valence-electron chi connectivity index (χ1n) is 10.6. The first-order chi connectivity index (χ1) is 14.8. The van der Waals surface area contributed by atoms with Crippen molar-refractivity contribution in [1.29, 1.82) is 0 Å². The van der Waals surface area contributed by atoms with Gasteiger partial charge in [-0.05, 0) is 32.9 Å². The number of piperazine rings is 1. The van der Waals surface area contributed by atoms with E-state index in [4.69, 9.17) is 10.7 Å². The van der Waals surface area contributed by atoms with Crippen molar-refractivity contribution in [1.82, 2.24) is 24.6 Å². The molecule has 0 radical (unpaired) electrons. The molecule has 0 bridgehead atoms. The minimum absolute atomic E-state index is 0.0210. The summed E-state index contributed by atoms with van der Waals surface area (Å²) in [5.74, 6) is -0.409. The van der Waals surface area contributed by atoms with E-state index in [1.807, 2.05) is 23.0 Å². The van der Waals surface area contributed by atoms with Crippen LogP contribution >= 0.6 is 11.3 Å². The highest BCUT2D eigenvalue weighted by Crippen LogP contribution is 2.25. The smallest absolute Gasteiger partial charge is 0.248 e. The van der Waals surface area contributed by atoms with E-state index in [0.717, 1.165) is 55.5 Å². The molecule has 3 aromatic rings. The zero-order valence-electron chi connectivity index (χ0n) is 18.4. The predicted octanol–water partition coefficient (Wildman–Crippen LogP) is 3.18. The van der Waals surface area contributed by atoms with Gasteiger partial charge in [0.15, 0.2) is 0 Å². The number of carbonyl (C=O) groups is 1. The van der Waals surface area contributed by atoms with E-state index in [0.29, 0.717) is 5.56 Å². The summed E-state index contributed by atoms with van der Waals surface area (Å²) in [6.45, 7) is 12.5. The van der Waals surface area contributed by atoms with Gasteiger partial charge in [0.2, 0.25) is 5.91 Å². The molecular formula is C23H30N6OS. The fraction of sp³-hybridized carbons (Fsp3) is 0.435. The van der Waals surface area contributed by atoms with Crippen LogP contribution in [0.5, 0.6) is 0 Å². The Hall–Kier alpha value is -2.55. The Labute approximate surface area is 187 Å². The normalized spacial score (nSPS) is 16.0. The molecule has 0 atom stereocenters. The molecule has 8 heteroatoms. The van der Waals surface area contributed by atoms with Crippen LogP contribution in [0.1, 0.15) is 42.4 Å². The second-order valence-electron chi connectivity index (χ2n) is 9.10. The molecule has 31 heavy (non-hydrogen) atoms. The Morgan fingerprint density at radius 2 is 1.71 bits per heavy atom. The van der Waals surface area contributed by atoms with E-state index in [2.05, 4.69) is 47.2 Å². The van der Waals surface area contributed by atoms with Gasteiger partial charge < -0.3 is 5.73 Å². The fourth-order valence-corrected chi connectivity index (χ4v) is 4.51.